The van der Waals surface area contributed by atoms with Crippen LogP contribution in [0.25, 0.3) is 0 Å². The van der Waals surface area contributed by atoms with Crippen molar-refractivity contribution in [3.8, 4) is 0 Å². The highest BCUT2D eigenvalue weighted by molar-refractivity contribution is 5.95. The van der Waals surface area contributed by atoms with Crippen molar-refractivity contribution in [3.63, 3.8) is 0 Å². The largest absolute Gasteiger partial charge is 0.390 e. The normalized spacial score (nSPS) is 21.2. The van der Waals surface area contributed by atoms with E-state index in [0.29, 0.717) is 32.7 Å². The molecule has 0 spiro atoms. The SMILES string of the molecule is O=C(c1ccc(N[C@H]2c3ccccc3C[C@H]2O)c([N+](=O)[O-])c1)N1CCOCC1. The minimum atomic E-state index is -0.674. The summed E-state index contributed by atoms with van der Waals surface area (Å²) >= 11 is 0. The van der Waals surface area contributed by atoms with Crippen molar-refractivity contribution < 1.29 is 19.6 Å². The summed E-state index contributed by atoms with van der Waals surface area (Å²) in [6.07, 6.45) is -0.179. The number of hydrogen-bond donors (Lipinski definition) is 2. The topological polar surface area (TPSA) is 105 Å². The van der Waals surface area contributed by atoms with E-state index < -0.39 is 17.1 Å². The van der Waals surface area contributed by atoms with Crippen molar-refractivity contribution in [2.24, 2.45) is 0 Å². The number of aliphatic hydroxyl groups is 1. The number of benzene rings is 2. The predicted molar refractivity (Wildman–Crippen MR) is 102 cm³/mol. The van der Waals surface area contributed by atoms with Crippen LogP contribution < -0.4 is 5.32 Å². The van der Waals surface area contributed by atoms with Crippen LogP contribution in [0.15, 0.2) is 42.5 Å². The molecule has 1 aliphatic heterocycles. The zero-order chi connectivity index (χ0) is 19.7. The molecular formula is C20H21N3O5. The lowest BCUT2D eigenvalue weighted by Crippen LogP contribution is -2.40. The molecule has 1 saturated heterocycles. The summed E-state index contributed by atoms with van der Waals surface area (Å²) in [6.45, 7) is 1.87. The number of carbonyl (C=O) groups excluding carboxylic acids is 1. The van der Waals surface area contributed by atoms with Gasteiger partial charge in [-0.2, -0.15) is 0 Å². The Morgan fingerprint density at radius 3 is 2.71 bits per heavy atom. The van der Waals surface area contributed by atoms with Crippen molar-refractivity contribution in [2.45, 2.75) is 18.6 Å². The van der Waals surface area contributed by atoms with E-state index in [1.54, 1.807) is 17.0 Å². The molecule has 2 atom stereocenters. The van der Waals surface area contributed by atoms with Crippen molar-refractivity contribution in [1.29, 1.82) is 0 Å². The maximum Gasteiger partial charge on any atom is 0.293 e. The fraction of sp³-hybridized carbons (Fsp3) is 0.350. The number of rotatable bonds is 4. The van der Waals surface area contributed by atoms with Gasteiger partial charge in [0.15, 0.2) is 0 Å². The third-order valence-corrected chi connectivity index (χ3v) is 5.25. The molecule has 8 nitrogen and oxygen atoms in total. The molecule has 1 fully saturated rings. The fourth-order valence-corrected chi connectivity index (χ4v) is 3.80. The first-order valence-corrected chi connectivity index (χ1v) is 9.22. The van der Waals surface area contributed by atoms with E-state index in [4.69, 9.17) is 4.74 Å². The van der Waals surface area contributed by atoms with Crippen LogP contribution in [-0.4, -0.2) is 53.2 Å². The molecule has 0 unspecified atom stereocenters. The number of nitro benzene ring substituents is 1. The second-order valence-electron chi connectivity index (χ2n) is 6.99. The van der Waals surface area contributed by atoms with Gasteiger partial charge in [0.2, 0.25) is 0 Å². The van der Waals surface area contributed by atoms with E-state index >= 15 is 0 Å². The van der Waals surface area contributed by atoms with Gasteiger partial charge in [0.05, 0.1) is 30.3 Å². The molecule has 8 heteroatoms. The standard InChI is InChI=1S/C20H21N3O5/c24-18-12-13-3-1-2-4-15(13)19(18)21-16-6-5-14(11-17(16)23(26)27)20(25)22-7-9-28-10-8-22/h1-6,11,18-19,21,24H,7-10,12H2/t18-,19+/m1/s1. The van der Waals surface area contributed by atoms with Crippen LogP contribution in [0.4, 0.5) is 11.4 Å². The Hall–Kier alpha value is -2.97. The highest BCUT2D eigenvalue weighted by Gasteiger charge is 2.32. The number of amides is 1. The number of morpholine rings is 1. The molecule has 0 aromatic heterocycles. The maximum absolute atomic E-state index is 12.6. The van der Waals surface area contributed by atoms with Crippen LogP contribution >= 0.6 is 0 Å². The molecule has 2 aromatic rings. The van der Waals surface area contributed by atoms with E-state index in [1.807, 2.05) is 24.3 Å². The molecule has 1 heterocycles. The third-order valence-electron chi connectivity index (χ3n) is 5.25. The number of carbonyl (C=O) groups is 1. The van der Waals surface area contributed by atoms with E-state index in [-0.39, 0.29) is 22.8 Å². The lowest BCUT2D eigenvalue weighted by molar-refractivity contribution is -0.384. The minimum absolute atomic E-state index is 0.185. The van der Waals surface area contributed by atoms with Crippen LogP contribution in [0.1, 0.15) is 27.5 Å². The van der Waals surface area contributed by atoms with E-state index in [1.165, 1.54) is 6.07 Å². The van der Waals surface area contributed by atoms with Gasteiger partial charge in [0.1, 0.15) is 5.69 Å². The first-order chi connectivity index (χ1) is 13.5. The molecule has 0 bridgehead atoms. The summed E-state index contributed by atoms with van der Waals surface area (Å²) in [4.78, 5) is 25.4. The fourth-order valence-electron chi connectivity index (χ4n) is 3.80. The Bertz CT molecular complexity index is 910. The van der Waals surface area contributed by atoms with Gasteiger partial charge in [-0.25, -0.2) is 0 Å². The highest BCUT2D eigenvalue weighted by atomic mass is 16.6. The second-order valence-corrected chi connectivity index (χ2v) is 6.99. The van der Waals surface area contributed by atoms with E-state index in [2.05, 4.69) is 5.32 Å². The molecule has 0 radical (unpaired) electrons. The third kappa shape index (κ3) is 3.44. The zero-order valence-electron chi connectivity index (χ0n) is 15.2. The smallest absolute Gasteiger partial charge is 0.293 e. The van der Waals surface area contributed by atoms with Gasteiger partial charge in [-0.05, 0) is 23.3 Å². The molecule has 146 valence electrons. The van der Waals surface area contributed by atoms with Gasteiger partial charge in [0.25, 0.3) is 11.6 Å². The van der Waals surface area contributed by atoms with Crippen LogP contribution in [0.5, 0.6) is 0 Å². The van der Waals surface area contributed by atoms with Gasteiger partial charge in [-0.1, -0.05) is 24.3 Å². The van der Waals surface area contributed by atoms with Crippen LogP contribution in [0.2, 0.25) is 0 Å². The summed E-state index contributed by atoms with van der Waals surface area (Å²) in [7, 11) is 0. The Labute approximate surface area is 161 Å². The Balaban J connectivity index is 1.61. The summed E-state index contributed by atoms with van der Waals surface area (Å²) in [5, 5.41) is 25.1. The summed E-state index contributed by atoms with van der Waals surface area (Å²) in [6, 6.07) is 11.6. The molecule has 28 heavy (non-hydrogen) atoms. The first kappa shape index (κ1) is 18.4. The lowest BCUT2D eigenvalue weighted by Gasteiger charge is -2.27. The molecule has 2 aliphatic rings. The van der Waals surface area contributed by atoms with Gasteiger partial charge in [-0.15, -0.1) is 0 Å². The number of aliphatic hydroxyl groups excluding tert-OH is 1. The van der Waals surface area contributed by atoms with Crippen molar-refractivity contribution >= 4 is 17.3 Å². The Kier molecular flexibility index (Phi) is 4.97. The molecule has 1 aliphatic carbocycles. The Morgan fingerprint density at radius 2 is 1.96 bits per heavy atom. The number of nitrogens with one attached hydrogen (secondary N) is 1. The minimum Gasteiger partial charge on any atom is -0.390 e. The van der Waals surface area contributed by atoms with Gasteiger partial charge < -0.3 is 20.1 Å². The summed E-state index contributed by atoms with van der Waals surface area (Å²) < 4.78 is 5.24. The quantitative estimate of drug-likeness (QED) is 0.619. The van der Waals surface area contributed by atoms with Crippen LogP contribution in [0.3, 0.4) is 0 Å². The van der Waals surface area contributed by atoms with Gasteiger partial charge in [-0.3, -0.25) is 14.9 Å². The summed E-state index contributed by atoms with van der Waals surface area (Å²) in [5.41, 5.74) is 2.32. The van der Waals surface area contributed by atoms with Gasteiger partial charge >= 0.3 is 0 Å². The van der Waals surface area contributed by atoms with Gasteiger partial charge in [0, 0.05) is 31.1 Å². The zero-order valence-corrected chi connectivity index (χ0v) is 15.2. The van der Waals surface area contributed by atoms with Crippen molar-refractivity contribution in [2.75, 3.05) is 31.6 Å². The number of nitrogens with zero attached hydrogens (tertiary/aromatic N) is 2. The molecule has 0 saturated carbocycles. The average molecular weight is 383 g/mol. The highest BCUT2D eigenvalue weighted by Crippen LogP contribution is 2.37. The average Bonchev–Trinajstić information content (AvgIpc) is 3.03. The lowest BCUT2D eigenvalue weighted by atomic mass is 10.1. The Morgan fingerprint density at radius 1 is 1.21 bits per heavy atom. The first-order valence-electron chi connectivity index (χ1n) is 9.22. The maximum atomic E-state index is 12.6. The molecule has 2 aromatic carbocycles. The van der Waals surface area contributed by atoms with E-state index in [0.717, 1.165) is 11.1 Å². The molecule has 2 N–H and O–H groups in total. The number of hydrogen-bond acceptors (Lipinski definition) is 6. The number of fused-ring (bicyclic) bond motifs is 1. The second kappa shape index (κ2) is 7.57. The van der Waals surface area contributed by atoms with Crippen molar-refractivity contribution in [3.05, 3.63) is 69.3 Å². The monoisotopic (exact) mass is 383 g/mol. The van der Waals surface area contributed by atoms with Crippen LogP contribution in [0, 0.1) is 10.1 Å². The van der Waals surface area contributed by atoms with Crippen LogP contribution in [-0.2, 0) is 11.2 Å². The summed E-state index contributed by atoms with van der Waals surface area (Å²) in [5.74, 6) is -0.246. The number of ether oxygens (including phenoxy) is 1. The number of nitro groups is 1. The number of anilines is 1. The molecular weight excluding hydrogens is 362 g/mol. The predicted octanol–water partition coefficient (Wildman–Crippen LogP) is 2.14. The molecule has 1 amide bonds. The molecule has 4 rings (SSSR count). The van der Waals surface area contributed by atoms with E-state index in [9.17, 15) is 20.0 Å². The van der Waals surface area contributed by atoms with Crippen molar-refractivity contribution in [1.82, 2.24) is 4.90 Å².